The standard InChI is InChI=1S/C57H41N5/c1-56(2)44-24-14-11-21-36(44)39-30-41-40-29-35(27-28-47(40)58-48(41)32-46(39)56)50-51-42(37-22-12-15-25-45(37)57(51,3)4)31-43-38-23-13-16-26-49(38)62(52(43)50)55-60-53(33-17-7-5-8-18-33)59-54(61-55)34-19-9-6-10-20-34/h5-32,58H,1-4H3. The van der Waals surface area contributed by atoms with Gasteiger partial charge >= 0.3 is 0 Å². The van der Waals surface area contributed by atoms with E-state index in [4.69, 9.17) is 15.0 Å². The summed E-state index contributed by atoms with van der Waals surface area (Å²) in [7, 11) is 0. The van der Waals surface area contributed by atoms with Crippen molar-refractivity contribution in [1.29, 1.82) is 0 Å². The van der Waals surface area contributed by atoms with Gasteiger partial charge in [0.25, 0.3) is 0 Å². The lowest BCUT2D eigenvalue weighted by Gasteiger charge is -2.26. The molecule has 13 rings (SSSR count). The van der Waals surface area contributed by atoms with Crippen LogP contribution in [0.3, 0.4) is 0 Å². The minimum Gasteiger partial charge on any atom is -0.355 e. The number of rotatable bonds is 4. The molecule has 8 aromatic carbocycles. The van der Waals surface area contributed by atoms with Crippen LogP contribution in [-0.2, 0) is 10.8 Å². The number of benzene rings is 8. The molecule has 0 aliphatic heterocycles. The monoisotopic (exact) mass is 795 g/mol. The van der Waals surface area contributed by atoms with Gasteiger partial charge < -0.3 is 4.98 Å². The molecule has 3 aromatic heterocycles. The number of nitrogens with one attached hydrogen (secondary N) is 1. The van der Waals surface area contributed by atoms with Crippen molar-refractivity contribution in [2.24, 2.45) is 0 Å². The Labute approximate surface area is 359 Å². The van der Waals surface area contributed by atoms with Crippen LogP contribution in [0.2, 0.25) is 0 Å². The highest BCUT2D eigenvalue weighted by molar-refractivity contribution is 6.18. The number of hydrogen-bond acceptors (Lipinski definition) is 3. The second-order valence-corrected chi connectivity index (χ2v) is 18.1. The molecule has 5 heteroatoms. The molecule has 0 saturated carbocycles. The Morgan fingerprint density at radius 1 is 0.419 bits per heavy atom. The van der Waals surface area contributed by atoms with Gasteiger partial charge in [0.05, 0.1) is 11.0 Å². The van der Waals surface area contributed by atoms with Crippen LogP contribution in [0, 0.1) is 0 Å². The Bertz CT molecular complexity index is 3620. The molecule has 0 saturated heterocycles. The topological polar surface area (TPSA) is 59.4 Å². The molecule has 0 unspecified atom stereocenters. The zero-order valence-corrected chi connectivity index (χ0v) is 35.0. The number of fused-ring (bicyclic) bond motifs is 12. The van der Waals surface area contributed by atoms with Crippen LogP contribution in [0.4, 0.5) is 0 Å². The lowest BCUT2D eigenvalue weighted by Crippen LogP contribution is -2.17. The highest BCUT2D eigenvalue weighted by Crippen LogP contribution is 2.56. The zero-order valence-electron chi connectivity index (χ0n) is 35.0. The summed E-state index contributed by atoms with van der Waals surface area (Å²) < 4.78 is 2.31. The molecule has 294 valence electrons. The summed E-state index contributed by atoms with van der Waals surface area (Å²) in [6.45, 7) is 9.47. The maximum atomic E-state index is 5.36. The first-order valence-corrected chi connectivity index (χ1v) is 21.5. The Morgan fingerprint density at radius 2 is 1.00 bits per heavy atom. The first-order chi connectivity index (χ1) is 30.3. The van der Waals surface area contributed by atoms with Crippen LogP contribution in [-0.4, -0.2) is 24.5 Å². The Morgan fingerprint density at radius 3 is 1.71 bits per heavy atom. The van der Waals surface area contributed by atoms with Crippen molar-refractivity contribution in [2.75, 3.05) is 0 Å². The van der Waals surface area contributed by atoms with Crippen LogP contribution < -0.4 is 0 Å². The number of H-pyrrole nitrogens is 1. The van der Waals surface area contributed by atoms with E-state index in [1.54, 1.807) is 0 Å². The summed E-state index contributed by atoms with van der Waals surface area (Å²) >= 11 is 0. The highest BCUT2D eigenvalue weighted by atomic mass is 15.2. The van der Waals surface area contributed by atoms with E-state index in [2.05, 4.69) is 171 Å². The average molecular weight is 796 g/mol. The number of hydrogen-bond donors (Lipinski definition) is 1. The first kappa shape index (κ1) is 35.2. The molecule has 11 aromatic rings. The van der Waals surface area contributed by atoms with Gasteiger partial charge in [-0.2, -0.15) is 9.97 Å². The number of aromatic amines is 1. The second-order valence-electron chi connectivity index (χ2n) is 18.1. The molecule has 0 amide bonds. The van der Waals surface area contributed by atoms with Crippen molar-refractivity contribution in [3.63, 3.8) is 0 Å². The lowest BCUT2D eigenvalue weighted by molar-refractivity contribution is 0.661. The highest BCUT2D eigenvalue weighted by Gasteiger charge is 2.40. The third kappa shape index (κ3) is 4.76. The molecular formula is C57H41N5. The molecule has 3 heterocycles. The molecule has 0 spiro atoms. The van der Waals surface area contributed by atoms with E-state index in [0.29, 0.717) is 17.6 Å². The van der Waals surface area contributed by atoms with E-state index in [9.17, 15) is 0 Å². The van der Waals surface area contributed by atoms with Crippen LogP contribution in [0.1, 0.15) is 49.9 Å². The molecular weight excluding hydrogens is 755 g/mol. The van der Waals surface area contributed by atoms with Gasteiger partial charge in [-0.15, -0.1) is 0 Å². The molecule has 2 aliphatic rings. The molecule has 0 fully saturated rings. The Balaban J connectivity index is 1.16. The summed E-state index contributed by atoms with van der Waals surface area (Å²) in [5, 5.41) is 4.77. The minimum absolute atomic E-state index is 0.0808. The van der Waals surface area contributed by atoms with Gasteiger partial charge in [-0.25, -0.2) is 4.98 Å². The summed E-state index contributed by atoms with van der Waals surface area (Å²) in [5.41, 5.74) is 18.9. The van der Waals surface area contributed by atoms with Crippen molar-refractivity contribution in [2.45, 2.75) is 38.5 Å². The van der Waals surface area contributed by atoms with Gasteiger partial charge in [-0.3, -0.25) is 4.57 Å². The predicted molar refractivity (Wildman–Crippen MR) is 255 cm³/mol. The normalized spacial score (nSPS) is 14.4. The molecule has 0 bridgehead atoms. The summed E-state index contributed by atoms with van der Waals surface area (Å²) in [6.07, 6.45) is 0. The van der Waals surface area contributed by atoms with E-state index < -0.39 is 0 Å². The molecule has 5 nitrogen and oxygen atoms in total. The van der Waals surface area contributed by atoms with Crippen LogP contribution >= 0.6 is 0 Å². The molecule has 0 atom stereocenters. The maximum absolute atomic E-state index is 5.36. The number of aromatic nitrogens is 5. The van der Waals surface area contributed by atoms with Gasteiger partial charge in [0.15, 0.2) is 11.6 Å². The quantitative estimate of drug-likeness (QED) is 0.193. The average Bonchev–Trinajstić information content (AvgIpc) is 3.98. The van der Waals surface area contributed by atoms with Gasteiger partial charge in [-0.05, 0) is 86.5 Å². The fourth-order valence-corrected chi connectivity index (χ4v) is 11.0. The van der Waals surface area contributed by atoms with Gasteiger partial charge in [0.1, 0.15) is 0 Å². The van der Waals surface area contributed by atoms with E-state index in [1.807, 2.05) is 36.4 Å². The smallest absolute Gasteiger partial charge is 0.238 e. The summed E-state index contributed by atoms with van der Waals surface area (Å²) in [4.78, 5) is 19.7. The third-order valence-corrected chi connectivity index (χ3v) is 14.0. The second kappa shape index (κ2) is 12.5. The minimum atomic E-state index is -0.300. The molecule has 1 N–H and O–H groups in total. The van der Waals surface area contributed by atoms with Gasteiger partial charge in [0, 0.05) is 60.1 Å². The van der Waals surface area contributed by atoms with Gasteiger partial charge in [0.2, 0.25) is 5.95 Å². The Kier molecular flexibility index (Phi) is 7.07. The van der Waals surface area contributed by atoms with Crippen LogP contribution in [0.15, 0.2) is 170 Å². The molecule has 0 radical (unpaired) electrons. The Hall–Kier alpha value is -7.63. The van der Waals surface area contributed by atoms with E-state index in [0.717, 1.165) is 44.1 Å². The fraction of sp³-hybridized carbons (Fsp3) is 0.105. The van der Waals surface area contributed by atoms with Crippen molar-refractivity contribution in [3.05, 3.63) is 192 Å². The van der Waals surface area contributed by atoms with Crippen molar-refractivity contribution >= 4 is 43.6 Å². The van der Waals surface area contributed by atoms with Crippen molar-refractivity contribution < 1.29 is 0 Å². The summed E-state index contributed by atoms with van der Waals surface area (Å²) in [5.74, 6) is 1.85. The molecule has 2 aliphatic carbocycles. The van der Waals surface area contributed by atoms with Crippen LogP contribution in [0.5, 0.6) is 0 Å². The van der Waals surface area contributed by atoms with Gasteiger partial charge in [-0.1, -0.05) is 161 Å². The third-order valence-electron chi connectivity index (χ3n) is 14.0. The van der Waals surface area contributed by atoms with E-state index in [1.165, 1.54) is 66.2 Å². The fourth-order valence-electron chi connectivity index (χ4n) is 11.0. The SMILES string of the molecule is CC1(C)c2ccccc2-c2cc3c(cc21)[nH]c1ccc(-c2c4c(cc5c6ccccc6n(-c6nc(-c7ccccc7)nc(-c7ccccc7)n6)c25)-c2ccccc2C4(C)C)cc13. The van der Waals surface area contributed by atoms with Crippen LogP contribution in [0.25, 0.3) is 106 Å². The first-order valence-electron chi connectivity index (χ1n) is 21.5. The predicted octanol–water partition coefficient (Wildman–Crippen LogP) is 14.2. The lowest BCUT2D eigenvalue weighted by atomic mass is 9.78. The largest absolute Gasteiger partial charge is 0.355 e. The zero-order chi connectivity index (χ0) is 41.5. The van der Waals surface area contributed by atoms with Crippen molar-refractivity contribution in [3.8, 4) is 62.1 Å². The maximum Gasteiger partial charge on any atom is 0.238 e. The summed E-state index contributed by atoms with van der Waals surface area (Å²) in [6, 6.07) is 61.4. The number of nitrogens with zero attached hydrogens (tertiary/aromatic N) is 4. The van der Waals surface area contributed by atoms with E-state index >= 15 is 0 Å². The van der Waals surface area contributed by atoms with E-state index in [-0.39, 0.29) is 10.8 Å². The molecule has 62 heavy (non-hydrogen) atoms. The van der Waals surface area contributed by atoms with Crippen molar-refractivity contribution in [1.82, 2.24) is 24.5 Å². The number of para-hydroxylation sites is 1.